The highest BCUT2D eigenvalue weighted by molar-refractivity contribution is 9.10. The Balaban J connectivity index is 1.92. The van der Waals surface area contributed by atoms with Crippen LogP contribution in [-0.2, 0) is 29.0 Å². The van der Waals surface area contributed by atoms with Gasteiger partial charge in [-0.05, 0) is 84.1 Å². The van der Waals surface area contributed by atoms with E-state index in [1.165, 1.54) is 5.56 Å². The van der Waals surface area contributed by atoms with Crippen LogP contribution in [0.4, 0.5) is 0 Å². The molecule has 0 saturated carbocycles. The Bertz CT molecular complexity index is 1190. The van der Waals surface area contributed by atoms with Crippen molar-refractivity contribution in [3.63, 3.8) is 0 Å². The molecule has 5 nitrogen and oxygen atoms in total. The van der Waals surface area contributed by atoms with Gasteiger partial charge in [0.15, 0.2) is 6.61 Å². The summed E-state index contributed by atoms with van der Waals surface area (Å²) in [7, 11) is 0. The monoisotopic (exact) mass is 628 g/mol. The van der Waals surface area contributed by atoms with Crippen molar-refractivity contribution in [1.29, 1.82) is 0 Å². The second-order valence-electron chi connectivity index (χ2n) is 10.00. The SMILES string of the molecule is CCc1ccc(OCC(=O)N(Cc2ccc(Br)cc2)C(Cc2ccccc2)C(=O)NC(C)(C)C)c(Br)c1. The van der Waals surface area contributed by atoms with Gasteiger partial charge in [0.2, 0.25) is 5.91 Å². The van der Waals surface area contributed by atoms with E-state index in [0.29, 0.717) is 12.2 Å². The number of ether oxygens (including phenoxy) is 1. The molecule has 2 amide bonds. The molecule has 0 heterocycles. The molecule has 3 aromatic carbocycles. The molecule has 0 aromatic heterocycles. The predicted molar refractivity (Wildman–Crippen MR) is 156 cm³/mol. The summed E-state index contributed by atoms with van der Waals surface area (Å²) < 4.78 is 7.68. The van der Waals surface area contributed by atoms with Gasteiger partial charge in [0.1, 0.15) is 11.8 Å². The van der Waals surface area contributed by atoms with Crippen molar-refractivity contribution < 1.29 is 14.3 Å². The number of nitrogens with zero attached hydrogens (tertiary/aromatic N) is 1. The molecular weight excluding hydrogens is 596 g/mol. The van der Waals surface area contributed by atoms with Gasteiger partial charge in [-0.1, -0.05) is 71.4 Å². The first-order valence-electron chi connectivity index (χ1n) is 12.4. The highest BCUT2D eigenvalue weighted by Gasteiger charge is 2.32. The number of benzene rings is 3. The minimum Gasteiger partial charge on any atom is -0.483 e. The van der Waals surface area contributed by atoms with E-state index < -0.39 is 11.6 Å². The lowest BCUT2D eigenvalue weighted by Gasteiger charge is -2.33. The van der Waals surface area contributed by atoms with Crippen molar-refractivity contribution in [2.24, 2.45) is 0 Å². The van der Waals surface area contributed by atoms with Crippen molar-refractivity contribution in [2.45, 2.75) is 58.7 Å². The van der Waals surface area contributed by atoms with Gasteiger partial charge in [0, 0.05) is 23.0 Å². The van der Waals surface area contributed by atoms with Gasteiger partial charge in [-0.2, -0.15) is 0 Å². The molecule has 0 fully saturated rings. The highest BCUT2D eigenvalue weighted by atomic mass is 79.9. The highest BCUT2D eigenvalue weighted by Crippen LogP contribution is 2.26. The normalized spacial score (nSPS) is 12.1. The summed E-state index contributed by atoms with van der Waals surface area (Å²) in [5.74, 6) is 0.127. The van der Waals surface area contributed by atoms with Crippen molar-refractivity contribution >= 4 is 43.7 Å². The van der Waals surface area contributed by atoms with Crippen LogP contribution < -0.4 is 10.1 Å². The van der Waals surface area contributed by atoms with E-state index in [-0.39, 0.29) is 25.0 Å². The smallest absolute Gasteiger partial charge is 0.261 e. The van der Waals surface area contributed by atoms with Crippen molar-refractivity contribution in [3.8, 4) is 5.75 Å². The van der Waals surface area contributed by atoms with Gasteiger partial charge in [0.05, 0.1) is 4.47 Å². The lowest BCUT2D eigenvalue weighted by molar-refractivity contribution is -0.143. The van der Waals surface area contributed by atoms with Crippen LogP contribution in [0.1, 0.15) is 44.4 Å². The molecule has 0 spiro atoms. The molecule has 3 aromatic rings. The molecule has 3 rings (SSSR count). The molecule has 0 aliphatic rings. The Morgan fingerprint density at radius 3 is 2.16 bits per heavy atom. The molecule has 196 valence electrons. The molecule has 1 N–H and O–H groups in total. The van der Waals surface area contributed by atoms with E-state index in [9.17, 15) is 9.59 Å². The minimum atomic E-state index is -0.715. The van der Waals surface area contributed by atoms with Crippen LogP contribution in [0.3, 0.4) is 0 Å². The quantitative estimate of drug-likeness (QED) is 0.271. The van der Waals surface area contributed by atoms with Gasteiger partial charge in [-0.25, -0.2) is 0 Å². The van der Waals surface area contributed by atoms with E-state index >= 15 is 0 Å². The van der Waals surface area contributed by atoms with Gasteiger partial charge in [0.25, 0.3) is 5.91 Å². The average molecular weight is 630 g/mol. The fourth-order valence-electron chi connectivity index (χ4n) is 3.90. The van der Waals surface area contributed by atoms with Gasteiger partial charge in [-0.15, -0.1) is 0 Å². The number of rotatable bonds is 10. The number of hydrogen-bond donors (Lipinski definition) is 1. The molecule has 0 bridgehead atoms. The van der Waals surface area contributed by atoms with Gasteiger partial charge in [-0.3, -0.25) is 9.59 Å². The lowest BCUT2D eigenvalue weighted by atomic mass is 10.0. The summed E-state index contributed by atoms with van der Waals surface area (Å²) >= 11 is 7.02. The average Bonchev–Trinajstić information content (AvgIpc) is 2.85. The van der Waals surface area contributed by atoms with Crippen LogP contribution >= 0.6 is 31.9 Å². The fraction of sp³-hybridized carbons (Fsp3) is 0.333. The molecular formula is C30H34Br2N2O3. The Labute approximate surface area is 236 Å². The molecule has 1 unspecified atom stereocenters. The van der Waals surface area contributed by atoms with Crippen LogP contribution in [0.2, 0.25) is 0 Å². The topological polar surface area (TPSA) is 58.6 Å². The molecule has 37 heavy (non-hydrogen) atoms. The maximum absolute atomic E-state index is 13.7. The van der Waals surface area contributed by atoms with E-state index in [0.717, 1.165) is 26.5 Å². The molecule has 0 aliphatic heterocycles. The van der Waals surface area contributed by atoms with Crippen LogP contribution in [0, 0.1) is 0 Å². The Morgan fingerprint density at radius 2 is 1.57 bits per heavy atom. The largest absolute Gasteiger partial charge is 0.483 e. The van der Waals surface area contributed by atoms with E-state index in [2.05, 4.69) is 44.1 Å². The van der Waals surface area contributed by atoms with Crippen molar-refractivity contribution in [1.82, 2.24) is 10.2 Å². The summed E-state index contributed by atoms with van der Waals surface area (Å²) in [5.41, 5.74) is 2.63. The van der Waals surface area contributed by atoms with Crippen molar-refractivity contribution in [2.75, 3.05) is 6.61 Å². The third-order valence-electron chi connectivity index (χ3n) is 5.79. The standard InChI is InChI=1S/C30H34Br2N2O3/c1-5-21-13-16-27(25(32)17-21)37-20-28(35)34(19-23-11-14-24(31)15-12-23)26(29(36)33-30(2,3)4)18-22-9-7-6-8-10-22/h6-17,26H,5,18-20H2,1-4H3,(H,33,36). The van der Waals surface area contributed by atoms with E-state index in [1.807, 2.05) is 93.6 Å². The van der Waals surface area contributed by atoms with Crippen molar-refractivity contribution in [3.05, 3.63) is 98.4 Å². The summed E-state index contributed by atoms with van der Waals surface area (Å²) in [6, 6.07) is 22.7. The zero-order valence-electron chi connectivity index (χ0n) is 21.8. The number of halogens is 2. The Hall–Kier alpha value is -2.64. The molecule has 7 heteroatoms. The number of carbonyl (C=O) groups is 2. The third-order valence-corrected chi connectivity index (χ3v) is 6.94. The van der Waals surface area contributed by atoms with Gasteiger partial charge >= 0.3 is 0 Å². The number of nitrogens with one attached hydrogen (secondary N) is 1. The minimum absolute atomic E-state index is 0.186. The predicted octanol–water partition coefficient (Wildman–Crippen LogP) is 6.71. The van der Waals surface area contributed by atoms with Crippen LogP contribution in [0.25, 0.3) is 0 Å². The molecule has 0 aliphatic carbocycles. The van der Waals surface area contributed by atoms with Crippen LogP contribution in [0.5, 0.6) is 5.75 Å². The third kappa shape index (κ3) is 9.00. The first-order chi connectivity index (χ1) is 17.6. The molecule has 0 radical (unpaired) electrons. The number of amides is 2. The summed E-state index contributed by atoms with van der Waals surface area (Å²) in [6.07, 6.45) is 1.29. The second kappa shape index (κ2) is 13.2. The van der Waals surface area contributed by atoms with Crippen LogP contribution in [-0.4, -0.2) is 34.9 Å². The lowest BCUT2D eigenvalue weighted by Crippen LogP contribution is -2.55. The maximum atomic E-state index is 13.7. The number of aryl methyl sites for hydroxylation is 1. The second-order valence-corrected chi connectivity index (χ2v) is 11.8. The zero-order chi connectivity index (χ0) is 27.0. The van der Waals surface area contributed by atoms with Crippen LogP contribution in [0.15, 0.2) is 81.7 Å². The first-order valence-corrected chi connectivity index (χ1v) is 14.0. The van der Waals surface area contributed by atoms with E-state index in [4.69, 9.17) is 4.74 Å². The van der Waals surface area contributed by atoms with Gasteiger partial charge < -0.3 is 15.0 Å². The number of carbonyl (C=O) groups excluding carboxylic acids is 2. The summed E-state index contributed by atoms with van der Waals surface area (Å²) in [4.78, 5) is 28.9. The van der Waals surface area contributed by atoms with E-state index in [1.54, 1.807) is 4.90 Å². The zero-order valence-corrected chi connectivity index (χ0v) is 24.9. The summed E-state index contributed by atoms with van der Waals surface area (Å²) in [6.45, 7) is 7.99. The fourth-order valence-corrected chi connectivity index (χ4v) is 4.70. The Morgan fingerprint density at radius 1 is 0.919 bits per heavy atom. The molecule has 1 atom stereocenters. The first kappa shape index (κ1) is 28.9. The molecule has 0 saturated heterocycles. The number of hydrogen-bond acceptors (Lipinski definition) is 3. The summed E-state index contributed by atoms with van der Waals surface area (Å²) in [5, 5.41) is 3.08. The maximum Gasteiger partial charge on any atom is 0.261 e. The Kier molecular flexibility index (Phi) is 10.4.